The summed E-state index contributed by atoms with van der Waals surface area (Å²) in [5, 5.41) is 6.11. The number of carbonyl (C=O) groups excluding carboxylic acids is 1. The van der Waals surface area contributed by atoms with Gasteiger partial charge in [-0.25, -0.2) is 0 Å². The van der Waals surface area contributed by atoms with E-state index in [0.29, 0.717) is 6.04 Å². The maximum absolute atomic E-state index is 11.6. The maximum atomic E-state index is 11.6. The van der Waals surface area contributed by atoms with E-state index in [4.69, 9.17) is 4.74 Å². The smallest absolute Gasteiger partial charge is 0.258 e. The second-order valence-electron chi connectivity index (χ2n) is 5.54. The van der Waals surface area contributed by atoms with Crippen LogP contribution >= 0.6 is 0 Å². The summed E-state index contributed by atoms with van der Waals surface area (Å²) < 4.78 is 5.49. The Morgan fingerprint density at radius 2 is 1.86 bits per heavy atom. The Bertz CT molecular complexity index is 417. The zero-order chi connectivity index (χ0) is 15.7. The van der Waals surface area contributed by atoms with Crippen LogP contribution in [0.4, 0.5) is 0 Å². The van der Waals surface area contributed by atoms with Gasteiger partial charge >= 0.3 is 0 Å². The van der Waals surface area contributed by atoms with Gasteiger partial charge in [-0.05, 0) is 57.9 Å². The predicted octanol–water partition coefficient (Wildman–Crippen LogP) is 2.52. The molecule has 0 bridgehead atoms. The van der Waals surface area contributed by atoms with Crippen molar-refractivity contribution in [2.45, 2.75) is 52.1 Å². The first kappa shape index (κ1) is 17.5. The third kappa shape index (κ3) is 7.14. The molecule has 4 heteroatoms. The summed E-state index contributed by atoms with van der Waals surface area (Å²) in [7, 11) is 1.98. The molecule has 0 saturated heterocycles. The third-order valence-electron chi connectivity index (χ3n) is 3.67. The van der Waals surface area contributed by atoms with E-state index in [2.05, 4.69) is 29.7 Å². The van der Waals surface area contributed by atoms with Gasteiger partial charge < -0.3 is 15.4 Å². The van der Waals surface area contributed by atoms with Crippen molar-refractivity contribution in [3.8, 4) is 5.75 Å². The SMILES string of the molecule is CCC(C)NC(=O)COc1ccc(CCC(C)NC)cc1. The van der Waals surface area contributed by atoms with Crippen molar-refractivity contribution in [2.75, 3.05) is 13.7 Å². The van der Waals surface area contributed by atoms with Crippen molar-refractivity contribution in [3.63, 3.8) is 0 Å². The number of ether oxygens (including phenoxy) is 1. The van der Waals surface area contributed by atoms with Gasteiger partial charge in [-0.15, -0.1) is 0 Å². The number of rotatable bonds is 9. The van der Waals surface area contributed by atoms with Gasteiger partial charge in [0.25, 0.3) is 5.91 Å². The second-order valence-corrected chi connectivity index (χ2v) is 5.54. The summed E-state index contributed by atoms with van der Waals surface area (Å²) in [4.78, 5) is 11.6. The molecule has 0 heterocycles. The molecule has 1 aromatic carbocycles. The number of aryl methyl sites for hydroxylation is 1. The van der Waals surface area contributed by atoms with Crippen LogP contribution in [-0.2, 0) is 11.2 Å². The molecule has 1 rings (SSSR count). The third-order valence-corrected chi connectivity index (χ3v) is 3.67. The first-order valence-corrected chi connectivity index (χ1v) is 7.73. The molecule has 0 radical (unpaired) electrons. The zero-order valence-electron chi connectivity index (χ0n) is 13.6. The van der Waals surface area contributed by atoms with E-state index in [9.17, 15) is 4.79 Å². The highest BCUT2D eigenvalue weighted by Crippen LogP contribution is 2.14. The highest BCUT2D eigenvalue weighted by Gasteiger charge is 2.06. The molecule has 4 nitrogen and oxygen atoms in total. The van der Waals surface area contributed by atoms with Gasteiger partial charge in [-0.1, -0.05) is 19.1 Å². The van der Waals surface area contributed by atoms with Gasteiger partial charge in [0, 0.05) is 12.1 Å². The summed E-state index contributed by atoms with van der Waals surface area (Å²) in [5.74, 6) is 0.663. The van der Waals surface area contributed by atoms with Crippen molar-refractivity contribution in [1.82, 2.24) is 10.6 Å². The highest BCUT2D eigenvalue weighted by atomic mass is 16.5. The number of carbonyl (C=O) groups is 1. The Labute approximate surface area is 128 Å². The average molecular weight is 292 g/mol. The molecular weight excluding hydrogens is 264 g/mol. The van der Waals surface area contributed by atoms with E-state index < -0.39 is 0 Å². The van der Waals surface area contributed by atoms with E-state index in [0.717, 1.165) is 25.0 Å². The molecule has 0 spiro atoms. The van der Waals surface area contributed by atoms with Crippen LogP contribution in [0.3, 0.4) is 0 Å². The van der Waals surface area contributed by atoms with Gasteiger partial charge in [-0.2, -0.15) is 0 Å². The summed E-state index contributed by atoms with van der Waals surface area (Å²) in [6.07, 6.45) is 3.07. The van der Waals surface area contributed by atoms with E-state index >= 15 is 0 Å². The van der Waals surface area contributed by atoms with Crippen LogP contribution < -0.4 is 15.4 Å². The van der Waals surface area contributed by atoms with Gasteiger partial charge in [0.1, 0.15) is 5.75 Å². The summed E-state index contributed by atoms with van der Waals surface area (Å²) in [5.41, 5.74) is 1.29. The highest BCUT2D eigenvalue weighted by molar-refractivity contribution is 5.77. The van der Waals surface area contributed by atoms with E-state index in [1.807, 2.05) is 33.0 Å². The van der Waals surface area contributed by atoms with Crippen molar-refractivity contribution >= 4 is 5.91 Å². The molecular formula is C17H28N2O2. The van der Waals surface area contributed by atoms with E-state index in [1.165, 1.54) is 5.56 Å². The molecule has 0 aliphatic rings. The number of hydrogen-bond donors (Lipinski definition) is 2. The number of amides is 1. The van der Waals surface area contributed by atoms with Crippen LogP contribution in [0.1, 0.15) is 39.2 Å². The Morgan fingerprint density at radius 3 is 2.43 bits per heavy atom. The number of nitrogens with one attached hydrogen (secondary N) is 2. The molecule has 118 valence electrons. The Balaban J connectivity index is 2.35. The lowest BCUT2D eigenvalue weighted by Gasteiger charge is -2.12. The number of hydrogen-bond acceptors (Lipinski definition) is 3. The lowest BCUT2D eigenvalue weighted by Crippen LogP contribution is -2.35. The molecule has 0 aliphatic heterocycles. The Hall–Kier alpha value is -1.55. The molecule has 0 saturated carbocycles. The van der Waals surface area contributed by atoms with Crippen LogP contribution in [0.5, 0.6) is 5.75 Å². The minimum Gasteiger partial charge on any atom is -0.484 e. The fourth-order valence-corrected chi connectivity index (χ4v) is 1.85. The Kier molecular flexibility index (Phi) is 7.83. The van der Waals surface area contributed by atoms with Gasteiger partial charge in [-0.3, -0.25) is 4.79 Å². The van der Waals surface area contributed by atoms with Crippen LogP contribution in [0.15, 0.2) is 24.3 Å². The van der Waals surface area contributed by atoms with Crippen molar-refractivity contribution in [1.29, 1.82) is 0 Å². The van der Waals surface area contributed by atoms with E-state index in [1.54, 1.807) is 0 Å². The van der Waals surface area contributed by atoms with Crippen LogP contribution in [0, 0.1) is 0 Å². The van der Waals surface area contributed by atoms with Crippen molar-refractivity contribution < 1.29 is 9.53 Å². The quantitative estimate of drug-likeness (QED) is 0.735. The Morgan fingerprint density at radius 1 is 1.19 bits per heavy atom. The molecule has 1 amide bonds. The molecule has 1 aromatic rings. The standard InChI is InChI=1S/C17H28N2O2/c1-5-13(2)19-17(20)12-21-16-10-8-15(9-11-16)7-6-14(3)18-4/h8-11,13-14,18H,5-7,12H2,1-4H3,(H,19,20). The van der Waals surface area contributed by atoms with Crippen LogP contribution in [0.25, 0.3) is 0 Å². The minimum atomic E-state index is -0.0729. The molecule has 2 atom stereocenters. The van der Waals surface area contributed by atoms with Crippen LogP contribution in [0.2, 0.25) is 0 Å². The molecule has 0 aliphatic carbocycles. The molecule has 2 unspecified atom stereocenters. The van der Waals surface area contributed by atoms with Crippen molar-refractivity contribution in [3.05, 3.63) is 29.8 Å². The second kappa shape index (κ2) is 9.40. The molecule has 0 aromatic heterocycles. The summed E-state index contributed by atoms with van der Waals surface area (Å²) >= 11 is 0. The van der Waals surface area contributed by atoms with E-state index in [-0.39, 0.29) is 18.6 Å². The first-order chi connectivity index (χ1) is 10.0. The van der Waals surface area contributed by atoms with Gasteiger partial charge in [0.05, 0.1) is 0 Å². The molecule has 21 heavy (non-hydrogen) atoms. The normalized spacial score (nSPS) is 13.5. The minimum absolute atomic E-state index is 0.0699. The van der Waals surface area contributed by atoms with Crippen molar-refractivity contribution in [2.24, 2.45) is 0 Å². The monoisotopic (exact) mass is 292 g/mol. The first-order valence-electron chi connectivity index (χ1n) is 7.73. The summed E-state index contributed by atoms with van der Waals surface area (Å²) in [6.45, 7) is 6.27. The van der Waals surface area contributed by atoms with Gasteiger partial charge in [0.15, 0.2) is 6.61 Å². The number of benzene rings is 1. The largest absolute Gasteiger partial charge is 0.484 e. The zero-order valence-corrected chi connectivity index (χ0v) is 13.6. The fourth-order valence-electron chi connectivity index (χ4n) is 1.85. The molecule has 0 fully saturated rings. The maximum Gasteiger partial charge on any atom is 0.258 e. The lowest BCUT2D eigenvalue weighted by molar-refractivity contribution is -0.123. The summed E-state index contributed by atoms with van der Waals surface area (Å²) in [6, 6.07) is 8.68. The molecule has 2 N–H and O–H groups in total. The van der Waals surface area contributed by atoms with Crippen LogP contribution in [-0.4, -0.2) is 31.6 Å². The fraction of sp³-hybridized carbons (Fsp3) is 0.588. The average Bonchev–Trinajstić information content (AvgIpc) is 2.51. The topological polar surface area (TPSA) is 50.4 Å². The van der Waals surface area contributed by atoms with Gasteiger partial charge in [0.2, 0.25) is 0 Å². The lowest BCUT2D eigenvalue weighted by atomic mass is 10.1. The predicted molar refractivity (Wildman–Crippen MR) is 86.7 cm³/mol.